The van der Waals surface area contributed by atoms with Crippen LogP contribution in [0.4, 0.5) is 0 Å². The standard InChI is InChI=1S/C16H13NO2/c1-2-14-9-17-6-5-13(14)7-11(1)12-3-4-15-16(8-12)19-10-18-15/h1-4,7-9H,5-6,10H2. The number of hydrogen-bond acceptors (Lipinski definition) is 3. The molecule has 2 aromatic carbocycles. The van der Waals surface area contributed by atoms with Crippen molar-refractivity contribution in [3.05, 3.63) is 47.5 Å². The molecule has 3 nitrogen and oxygen atoms in total. The maximum atomic E-state index is 5.43. The van der Waals surface area contributed by atoms with Gasteiger partial charge in [-0.05, 0) is 40.8 Å². The summed E-state index contributed by atoms with van der Waals surface area (Å²) in [6.45, 7) is 1.21. The molecule has 0 fully saturated rings. The predicted molar refractivity (Wildman–Crippen MR) is 74.2 cm³/mol. The number of hydrogen-bond donors (Lipinski definition) is 0. The average Bonchev–Trinajstić information content (AvgIpc) is 2.94. The highest BCUT2D eigenvalue weighted by Crippen LogP contribution is 2.36. The Kier molecular flexibility index (Phi) is 2.30. The zero-order valence-corrected chi connectivity index (χ0v) is 10.4. The minimum atomic E-state index is 0.319. The molecule has 2 aliphatic rings. The van der Waals surface area contributed by atoms with Crippen molar-refractivity contribution >= 4 is 6.21 Å². The summed E-state index contributed by atoms with van der Waals surface area (Å²) in [5, 5.41) is 0. The van der Waals surface area contributed by atoms with Gasteiger partial charge >= 0.3 is 0 Å². The first-order valence-electron chi connectivity index (χ1n) is 6.43. The fourth-order valence-corrected chi connectivity index (χ4v) is 2.55. The molecular formula is C16H13NO2. The average molecular weight is 251 g/mol. The Labute approximate surface area is 111 Å². The number of rotatable bonds is 1. The maximum absolute atomic E-state index is 5.43. The Bertz CT molecular complexity index is 676. The molecule has 0 bridgehead atoms. The summed E-state index contributed by atoms with van der Waals surface area (Å²) in [7, 11) is 0. The van der Waals surface area contributed by atoms with Crippen LogP contribution in [0.15, 0.2) is 41.4 Å². The van der Waals surface area contributed by atoms with E-state index in [4.69, 9.17) is 9.47 Å². The topological polar surface area (TPSA) is 30.8 Å². The lowest BCUT2D eigenvalue weighted by atomic mass is 9.96. The minimum absolute atomic E-state index is 0.319. The summed E-state index contributed by atoms with van der Waals surface area (Å²) in [5.41, 5.74) is 4.97. The molecule has 94 valence electrons. The van der Waals surface area contributed by atoms with Crippen LogP contribution in [-0.2, 0) is 6.42 Å². The van der Waals surface area contributed by atoms with E-state index in [1.54, 1.807) is 0 Å². The normalized spacial score (nSPS) is 15.4. The molecule has 2 heterocycles. The molecule has 0 amide bonds. The van der Waals surface area contributed by atoms with Gasteiger partial charge in [0.2, 0.25) is 6.79 Å². The van der Waals surface area contributed by atoms with Gasteiger partial charge in [0.05, 0.1) is 0 Å². The van der Waals surface area contributed by atoms with Gasteiger partial charge in [0.15, 0.2) is 11.5 Å². The van der Waals surface area contributed by atoms with Gasteiger partial charge in [-0.25, -0.2) is 0 Å². The van der Waals surface area contributed by atoms with E-state index in [0.29, 0.717) is 6.79 Å². The summed E-state index contributed by atoms with van der Waals surface area (Å²) in [5.74, 6) is 1.66. The summed E-state index contributed by atoms with van der Waals surface area (Å²) in [6.07, 6.45) is 2.98. The molecule has 2 aromatic rings. The Morgan fingerprint density at radius 2 is 1.74 bits per heavy atom. The SMILES string of the molecule is C1=NCCc2cc(-c3ccc4c(c3)OCO4)ccc21. The number of aliphatic imine (C=N–C) groups is 1. The van der Waals surface area contributed by atoms with Crippen molar-refractivity contribution in [2.45, 2.75) is 6.42 Å². The third-order valence-corrected chi connectivity index (χ3v) is 3.59. The zero-order valence-electron chi connectivity index (χ0n) is 10.4. The molecule has 0 saturated heterocycles. The van der Waals surface area contributed by atoms with E-state index in [0.717, 1.165) is 30.0 Å². The summed E-state index contributed by atoms with van der Waals surface area (Å²) >= 11 is 0. The van der Waals surface area contributed by atoms with Crippen LogP contribution < -0.4 is 9.47 Å². The molecule has 4 rings (SSSR count). The third-order valence-electron chi connectivity index (χ3n) is 3.59. The van der Waals surface area contributed by atoms with Crippen LogP contribution in [0, 0.1) is 0 Å². The first-order chi connectivity index (χ1) is 9.40. The van der Waals surface area contributed by atoms with E-state index >= 15 is 0 Å². The van der Waals surface area contributed by atoms with Crippen molar-refractivity contribution < 1.29 is 9.47 Å². The van der Waals surface area contributed by atoms with Crippen molar-refractivity contribution in [1.29, 1.82) is 0 Å². The number of nitrogens with zero attached hydrogens (tertiary/aromatic N) is 1. The molecule has 0 saturated carbocycles. The zero-order chi connectivity index (χ0) is 12.7. The van der Waals surface area contributed by atoms with E-state index in [-0.39, 0.29) is 0 Å². The lowest BCUT2D eigenvalue weighted by molar-refractivity contribution is 0.174. The second-order valence-corrected chi connectivity index (χ2v) is 4.77. The summed E-state index contributed by atoms with van der Waals surface area (Å²) in [4.78, 5) is 4.31. The highest BCUT2D eigenvalue weighted by molar-refractivity contribution is 5.84. The van der Waals surface area contributed by atoms with Crippen LogP contribution in [0.5, 0.6) is 11.5 Å². The molecule has 0 aromatic heterocycles. The molecule has 0 unspecified atom stereocenters. The lowest BCUT2D eigenvalue weighted by Gasteiger charge is -2.12. The fraction of sp³-hybridized carbons (Fsp3) is 0.188. The van der Waals surface area contributed by atoms with Gasteiger partial charge in [-0.1, -0.05) is 24.3 Å². The quantitative estimate of drug-likeness (QED) is 0.780. The second-order valence-electron chi connectivity index (χ2n) is 4.77. The predicted octanol–water partition coefficient (Wildman–Crippen LogP) is 3.06. The van der Waals surface area contributed by atoms with Gasteiger partial charge < -0.3 is 9.47 Å². The molecule has 0 aliphatic carbocycles. The lowest BCUT2D eigenvalue weighted by Crippen LogP contribution is -2.02. The molecule has 2 aliphatic heterocycles. The number of fused-ring (bicyclic) bond motifs is 2. The smallest absolute Gasteiger partial charge is 0.231 e. The molecule has 0 N–H and O–H groups in total. The summed E-state index contributed by atoms with van der Waals surface area (Å²) in [6, 6.07) is 12.6. The second kappa shape index (κ2) is 4.12. The van der Waals surface area contributed by atoms with Gasteiger partial charge in [-0.3, -0.25) is 4.99 Å². The van der Waals surface area contributed by atoms with Crippen LogP contribution in [0.25, 0.3) is 11.1 Å². The third kappa shape index (κ3) is 1.78. The van der Waals surface area contributed by atoms with Gasteiger partial charge in [-0.15, -0.1) is 0 Å². The van der Waals surface area contributed by atoms with Gasteiger partial charge in [0.1, 0.15) is 0 Å². The van der Waals surface area contributed by atoms with E-state index in [1.807, 2.05) is 18.3 Å². The van der Waals surface area contributed by atoms with Crippen molar-refractivity contribution in [3.8, 4) is 22.6 Å². The molecule has 19 heavy (non-hydrogen) atoms. The Hall–Kier alpha value is -2.29. The van der Waals surface area contributed by atoms with Crippen molar-refractivity contribution in [2.24, 2.45) is 4.99 Å². The van der Waals surface area contributed by atoms with Crippen molar-refractivity contribution in [1.82, 2.24) is 0 Å². The van der Waals surface area contributed by atoms with Crippen LogP contribution in [0.3, 0.4) is 0 Å². The molecule has 0 atom stereocenters. The van der Waals surface area contributed by atoms with E-state index < -0.39 is 0 Å². The van der Waals surface area contributed by atoms with E-state index in [9.17, 15) is 0 Å². The maximum Gasteiger partial charge on any atom is 0.231 e. The molecule has 3 heteroatoms. The van der Waals surface area contributed by atoms with Crippen LogP contribution >= 0.6 is 0 Å². The van der Waals surface area contributed by atoms with Crippen LogP contribution in [0.2, 0.25) is 0 Å². The van der Waals surface area contributed by atoms with Gasteiger partial charge in [0.25, 0.3) is 0 Å². The minimum Gasteiger partial charge on any atom is -0.454 e. The Morgan fingerprint density at radius 1 is 0.895 bits per heavy atom. The van der Waals surface area contributed by atoms with E-state index in [2.05, 4.69) is 29.3 Å². The molecule has 0 radical (unpaired) electrons. The first-order valence-corrected chi connectivity index (χ1v) is 6.43. The van der Waals surface area contributed by atoms with Gasteiger partial charge in [0, 0.05) is 12.8 Å². The fourth-order valence-electron chi connectivity index (χ4n) is 2.55. The Morgan fingerprint density at radius 3 is 2.74 bits per heavy atom. The van der Waals surface area contributed by atoms with Gasteiger partial charge in [-0.2, -0.15) is 0 Å². The van der Waals surface area contributed by atoms with E-state index in [1.165, 1.54) is 16.7 Å². The number of benzene rings is 2. The Balaban J connectivity index is 1.78. The molecule has 0 spiro atoms. The van der Waals surface area contributed by atoms with Crippen LogP contribution in [-0.4, -0.2) is 19.6 Å². The van der Waals surface area contributed by atoms with Crippen LogP contribution in [0.1, 0.15) is 11.1 Å². The summed E-state index contributed by atoms with van der Waals surface area (Å²) < 4.78 is 10.8. The molecular weight excluding hydrogens is 238 g/mol. The van der Waals surface area contributed by atoms with Crippen molar-refractivity contribution in [2.75, 3.05) is 13.3 Å². The van der Waals surface area contributed by atoms with Crippen molar-refractivity contribution in [3.63, 3.8) is 0 Å². The number of ether oxygens (including phenoxy) is 2. The first kappa shape index (κ1) is 10.6. The largest absolute Gasteiger partial charge is 0.454 e. The monoisotopic (exact) mass is 251 g/mol. The highest BCUT2D eigenvalue weighted by atomic mass is 16.7. The highest BCUT2D eigenvalue weighted by Gasteiger charge is 2.14.